The Morgan fingerprint density at radius 1 is 0.903 bits per heavy atom. The molecule has 0 aliphatic heterocycles. The van der Waals surface area contributed by atoms with Crippen LogP contribution in [-0.4, -0.2) is 34.6 Å². The number of allylic oxidation sites excluding steroid dienone is 2. The number of para-hydroxylation sites is 2. The van der Waals surface area contributed by atoms with Gasteiger partial charge in [-0.3, -0.25) is 14.4 Å². The number of fused-ring (bicyclic) bond motifs is 2. The van der Waals surface area contributed by atoms with E-state index in [0.29, 0.717) is 23.1 Å². The number of ether oxygens (including phenoxy) is 1. The molecule has 5 rings (SSSR count). The van der Waals surface area contributed by atoms with Crippen LogP contribution < -0.4 is 0 Å². The van der Waals surface area contributed by atoms with Crippen LogP contribution in [0.25, 0.3) is 33.0 Å². The van der Waals surface area contributed by atoms with Crippen LogP contribution >= 0.6 is 0 Å². The van der Waals surface area contributed by atoms with E-state index in [1.807, 2.05) is 42.5 Å². The number of nitrogens with one attached hydrogen (secondary N) is 2. The molecule has 154 valence electrons. The third-order valence-corrected chi connectivity index (χ3v) is 5.88. The predicted octanol–water partition coefficient (Wildman–Crippen LogP) is 4.21. The summed E-state index contributed by atoms with van der Waals surface area (Å²) >= 11 is 0. The molecule has 2 aromatic carbocycles. The second-order valence-corrected chi connectivity index (χ2v) is 7.64. The maximum Gasteiger partial charge on any atom is 0.305 e. The third-order valence-electron chi connectivity index (χ3n) is 5.88. The summed E-state index contributed by atoms with van der Waals surface area (Å²) in [6.07, 6.45) is 4.24. The second-order valence-electron chi connectivity index (χ2n) is 7.64. The molecule has 2 N–H and O–H groups in total. The summed E-state index contributed by atoms with van der Waals surface area (Å²) < 4.78 is 4.75. The molecule has 1 aliphatic rings. The molecule has 0 bridgehead atoms. The lowest BCUT2D eigenvalue weighted by molar-refractivity contribution is -0.140. The van der Waals surface area contributed by atoms with Gasteiger partial charge in [0.2, 0.25) is 0 Å². The SMILES string of the molecule is COC(=O)CCc1cccc2c(C3=C(c4c[nH]c5ccccc45)C(=O)CC3=O)c[nH]c12. The highest BCUT2D eigenvalue weighted by atomic mass is 16.5. The predicted molar refractivity (Wildman–Crippen MR) is 118 cm³/mol. The lowest BCUT2D eigenvalue weighted by Crippen LogP contribution is -2.02. The molecule has 0 unspecified atom stereocenters. The summed E-state index contributed by atoms with van der Waals surface area (Å²) in [6, 6.07) is 13.5. The Labute approximate surface area is 177 Å². The van der Waals surface area contributed by atoms with Gasteiger partial charge in [0.15, 0.2) is 11.6 Å². The standard InChI is InChI=1S/C25H20N2O4/c1-31-22(30)10-9-14-5-4-7-16-18(13-27-25(14)16)24-21(29)11-20(28)23(24)17-12-26-19-8-3-2-6-15(17)19/h2-8,12-13,26-27H,9-11H2,1H3. The molecule has 0 atom stereocenters. The average Bonchev–Trinajstić information content (AvgIpc) is 3.46. The number of ketones is 2. The van der Waals surface area contributed by atoms with Crippen LogP contribution in [-0.2, 0) is 25.5 Å². The van der Waals surface area contributed by atoms with E-state index in [-0.39, 0.29) is 30.4 Å². The van der Waals surface area contributed by atoms with Crippen molar-refractivity contribution in [2.45, 2.75) is 19.3 Å². The van der Waals surface area contributed by atoms with E-state index >= 15 is 0 Å². The van der Waals surface area contributed by atoms with E-state index in [1.165, 1.54) is 7.11 Å². The summed E-state index contributed by atoms with van der Waals surface area (Å²) in [6.45, 7) is 0. The number of benzene rings is 2. The number of methoxy groups -OCH3 is 1. The smallest absolute Gasteiger partial charge is 0.305 e. The van der Waals surface area contributed by atoms with Crippen molar-refractivity contribution in [2.75, 3.05) is 7.11 Å². The van der Waals surface area contributed by atoms with Gasteiger partial charge in [0.05, 0.1) is 13.5 Å². The zero-order valence-corrected chi connectivity index (χ0v) is 17.0. The summed E-state index contributed by atoms with van der Waals surface area (Å²) in [5, 5.41) is 1.77. The van der Waals surface area contributed by atoms with Crippen LogP contribution in [0.5, 0.6) is 0 Å². The lowest BCUT2D eigenvalue weighted by Gasteiger charge is -2.06. The fourth-order valence-corrected chi connectivity index (χ4v) is 4.42. The zero-order valence-electron chi connectivity index (χ0n) is 17.0. The van der Waals surface area contributed by atoms with Crippen LogP contribution in [0.4, 0.5) is 0 Å². The Morgan fingerprint density at radius 2 is 1.58 bits per heavy atom. The number of Topliss-reactive ketones (excluding diaryl/α,β-unsaturated/α-hetero) is 2. The van der Waals surface area contributed by atoms with Gasteiger partial charge in [0, 0.05) is 62.9 Å². The van der Waals surface area contributed by atoms with Gasteiger partial charge in [-0.2, -0.15) is 0 Å². The lowest BCUT2D eigenvalue weighted by atomic mass is 9.95. The van der Waals surface area contributed by atoms with Crippen LogP contribution in [0.15, 0.2) is 54.9 Å². The summed E-state index contributed by atoms with van der Waals surface area (Å²) in [4.78, 5) is 43.9. The van der Waals surface area contributed by atoms with Crippen LogP contribution in [0, 0.1) is 0 Å². The van der Waals surface area contributed by atoms with Crippen LogP contribution in [0.1, 0.15) is 29.5 Å². The molecule has 4 aromatic rings. The first-order valence-electron chi connectivity index (χ1n) is 10.1. The monoisotopic (exact) mass is 412 g/mol. The molecule has 0 spiro atoms. The quantitative estimate of drug-likeness (QED) is 0.379. The number of hydrogen-bond acceptors (Lipinski definition) is 4. The molecule has 31 heavy (non-hydrogen) atoms. The Hall–Kier alpha value is -3.93. The molecule has 6 heteroatoms. The van der Waals surface area contributed by atoms with E-state index in [1.54, 1.807) is 12.4 Å². The normalized spacial score (nSPS) is 14.2. The molecule has 0 fully saturated rings. The zero-order chi connectivity index (χ0) is 21.5. The Balaban J connectivity index is 1.68. The van der Waals surface area contributed by atoms with Gasteiger partial charge in [-0.25, -0.2) is 0 Å². The largest absolute Gasteiger partial charge is 0.469 e. The van der Waals surface area contributed by atoms with Gasteiger partial charge < -0.3 is 14.7 Å². The number of H-pyrrole nitrogens is 2. The summed E-state index contributed by atoms with van der Waals surface area (Å²) in [7, 11) is 1.37. The number of esters is 1. The number of rotatable bonds is 5. The molecular weight excluding hydrogens is 392 g/mol. The molecular formula is C25H20N2O4. The van der Waals surface area contributed by atoms with Crippen molar-refractivity contribution in [3.8, 4) is 0 Å². The first kappa shape index (κ1) is 19.1. The Kier molecular flexibility index (Phi) is 4.55. The summed E-state index contributed by atoms with van der Waals surface area (Å²) in [5.41, 5.74) is 5.11. The van der Waals surface area contributed by atoms with E-state index in [4.69, 9.17) is 4.74 Å². The van der Waals surface area contributed by atoms with Crippen molar-refractivity contribution >= 4 is 50.5 Å². The minimum Gasteiger partial charge on any atom is -0.469 e. The Morgan fingerprint density at radius 3 is 2.35 bits per heavy atom. The minimum absolute atomic E-state index is 0.126. The van der Waals surface area contributed by atoms with Gasteiger partial charge in [0.1, 0.15) is 0 Å². The highest BCUT2D eigenvalue weighted by molar-refractivity contribution is 6.52. The van der Waals surface area contributed by atoms with Gasteiger partial charge >= 0.3 is 5.97 Å². The highest BCUT2D eigenvalue weighted by Gasteiger charge is 2.34. The molecule has 0 amide bonds. The van der Waals surface area contributed by atoms with Crippen molar-refractivity contribution in [3.63, 3.8) is 0 Å². The maximum atomic E-state index is 12.9. The fraction of sp³-hybridized carbons (Fsp3) is 0.160. The number of carbonyl (C=O) groups excluding carboxylic acids is 3. The molecule has 0 saturated heterocycles. The van der Waals surface area contributed by atoms with E-state index in [0.717, 1.165) is 32.9 Å². The highest BCUT2D eigenvalue weighted by Crippen LogP contribution is 2.40. The Bertz CT molecular complexity index is 1400. The van der Waals surface area contributed by atoms with Crippen molar-refractivity contribution in [2.24, 2.45) is 0 Å². The first-order valence-corrected chi connectivity index (χ1v) is 10.1. The van der Waals surface area contributed by atoms with Gasteiger partial charge in [-0.15, -0.1) is 0 Å². The molecule has 6 nitrogen and oxygen atoms in total. The van der Waals surface area contributed by atoms with E-state index in [9.17, 15) is 14.4 Å². The van der Waals surface area contributed by atoms with Crippen LogP contribution in [0.3, 0.4) is 0 Å². The second kappa shape index (κ2) is 7.40. The average molecular weight is 412 g/mol. The minimum atomic E-state index is -0.273. The van der Waals surface area contributed by atoms with Crippen LogP contribution in [0.2, 0.25) is 0 Å². The number of carbonyl (C=O) groups is 3. The molecule has 2 aromatic heterocycles. The van der Waals surface area contributed by atoms with E-state index in [2.05, 4.69) is 9.97 Å². The number of hydrogen-bond donors (Lipinski definition) is 2. The molecule has 0 saturated carbocycles. The molecule has 0 radical (unpaired) electrons. The molecule has 1 aliphatic carbocycles. The first-order chi connectivity index (χ1) is 15.1. The topological polar surface area (TPSA) is 92.0 Å². The van der Waals surface area contributed by atoms with Gasteiger partial charge in [-0.1, -0.05) is 36.4 Å². The van der Waals surface area contributed by atoms with Crippen molar-refractivity contribution in [3.05, 3.63) is 71.5 Å². The number of aromatic amines is 2. The van der Waals surface area contributed by atoms with E-state index < -0.39 is 0 Å². The molecule has 2 heterocycles. The third kappa shape index (κ3) is 3.08. The number of aromatic nitrogens is 2. The van der Waals surface area contributed by atoms with Crippen molar-refractivity contribution in [1.82, 2.24) is 9.97 Å². The van der Waals surface area contributed by atoms with Gasteiger partial charge in [-0.05, 0) is 18.1 Å². The van der Waals surface area contributed by atoms with Gasteiger partial charge in [0.25, 0.3) is 0 Å². The van der Waals surface area contributed by atoms with Crippen molar-refractivity contribution < 1.29 is 19.1 Å². The maximum absolute atomic E-state index is 12.9. The fourth-order valence-electron chi connectivity index (χ4n) is 4.42. The summed E-state index contributed by atoms with van der Waals surface area (Å²) in [5.74, 6) is -0.614. The van der Waals surface area contributed by atoms with Crippen molar-refractivity contribution in [1.29, 1.82) is 0 Å². The number of aryl methyl sites for hydroxylation is 1.